The van der Waals surface area contributed by atoms with Gasteiger partial charge in [-0.3, -0.25) is 0 Å². The summed E-state index contributed by atoms with van der Waals surface area (Å²) in [6, 6.07) is 10.8. The molecule has 2 rings (SSSR count). The zero-order valence-electron chi connectivity index (χ0n) is 11.5. The molecule has 0 spiro atoms. The van der Waals surface area contributed by atoms with E-state index in [1.165, 1.54) is 6.07 Å². The minimum absolute atomic E-state index is 0.0282. The molecule has 0 aromatic heterocycles. The number of anilines is 1. The van der Waals surface area contributed by atoms with Crippen molar-refractivity contribution >= 4 is 37.5 Å². The topological polar surface area (TPSA) is 35.8 Å². The van der Waals surface area contributed by atoms with E-state index in [1.54, 1.807) is 13.0 Å². The third-order valence-electron chi connectivity index (χ3n) is 3.27. The number of nitriles is 1. The summed E-state index contributed by atoms with van der Waals surface area (Å²) in [6.45, 7) is 3.69. The van der Waals surface area contributed by atoms with Gasteiger partial charge in [0.2, 0.25) is 0 Å². The van der Waals surface area contributed by atoms with E-state index in [2.05, 4.69) is 37.2 Å². The van der Waals surface area contributed by atoms with Crippen molar-refractivity contribution in [2.75, 3.05) is 5.32 Å². The van der Waals surface area contributed by atoms with Crippen LogP contribution in [0.15, 0.2) is 39.3 Å². The molecule has 1 atom stereocenters. The SMILES string of the molecule is Cc1c(F)cc(C#N)cc1NC(C)c1ccc(Br)cc1Br. The van der Waals surface area contributed by atoms with Crippen molar-refractivity contribution in [3.05, 3.63) is 61.8 Å². The Labute approximate surface area is 140 Å². The molecule has 2 aromatic carbocycles. The molecular weight excluding hydrogens is 399 g/mol. The van der Waals surface area contributed by atoms with Gasteiger partial charge in [-0.15, -0.1) is 0 Å². The molecule has 0 aliphatic carbocycles. The Morgan fingerprint density at radius 1 is 1.24 bits per heavy atom. The molecular formula is C16H13Br2FN2. The number of halogens is 3. The standard InChI is InChI=1S/C16H13Br2FN2/c1-9-15(19)5-11(8-20)6-16(9)21-10(2)13-4-3-12(17)7-14(13)18/h3-7,10,21H,1-2H3. The smallest absolute Gasteiger partial charge is 0.129 e. The Morgan fingerprint density at radius 3 is 2.57 bits per heavy atom. The van der Waals surface area contributed by atoms with Crippen LogP contribution in [-0.2, 0) is 0 Å². The zero-order chi connectivity index (χ0) is 15.6. The van der Waals surface area contributed by atoms with Gasteiger partial charge in [0, 0.05) is 26.2 Å². The highest BCUT2D eigenvalue weighted by molar-refractivity contribution is 9.11. The summed E-state index contributed by atoms with van der Waals surface area (Å²) in [7, 11) is 0. The molecule has 1 N–H and O–H groups in total. The first kappa shape index (κ1) is 16.0. The Balaban J connectivity index is 2.33. The van der Waals surface area contributed by atoms with E-state index in [9.17, 15) is 4.39 Å². The third-order valence-corrected chi connectivity index (χ3v) is 4.45. The van der Waals surface area contributed by atoms with Crippen molar-refractivity contribution in [3.63, 3.8) is 0 Å². The Hall–Kier alpha value is -1.38. The molecule has 0 bridgehead atoms. The fourth-order valence-corrected chi connectivity index (χ4v) is 3.45. The molecule has 0 saturated heterocycles. The van der Waals surface area contributed by atoms with Gasteiger partial charge in [0.25, 0.3) is 0 Å². The first-order chi connectivity index (χ1) is 9.92. The predicted molar refractivity (Wildman–Crippen MR) is 89.7 cm³/mol. The second-order valence-corrected chi connectivity index (χ2v) is 6.54. The maximum atomic E-state index is 13.8. The van der Waals surface area contributed by atoms with Gasteiger partial charge in [0.15, 0.2) is 0 Å². The third kappa shape index (κ3) is 3.63. The van der Waals surface area contributed by atoms with Gasteiger partial charge in [0.1, 0.15) is 5.82 Å². The molecule has 2 aromatic rings. The number of benzene rings is 2. The van der Waals surface area contributed by atoms with E-state index in [0.29, 0.717) is 16.8 Å². The van der Waals surface area contributed by atoms with Crippen molar-refractivity contribution in [1.82, 2.24) is 0 Å². The molecule has 108 valence electrons. The fraction of sp³-hybridized carbons (Fsp3) is 0.188. The summed E-state index contributed by atoms with van der Waals surface area (Å²) in [5.74, 6) is -0.376. The number of rotatable bonds is 3. The van der Waals surface area contributed by atoms with Crippen LogP contribution in [0.25, 0.3) is 0 Å². The molecule has 0 fully saturated rings. The highest BCUT2D eigenvalue weighted by Gasteiger charge is 2.13. The lowest BCUT2D eigenvalue weighted by atomic mass is 10.1. The van der Waals surface area contributed by atoms with Gasteiger partial charge in [0.05, 0.1) is 11.6 Å². The zero-order valence-corrected chi connectivity index (χ0v) is 14.7. The first-order valence-corrected chi connectivity index (χ1v) is 7.92. The molecule has 2 nitrogen and oxygen atoms in total. The monoisotopic (exact) mass is 410 g/mol. The van der Waals surface area contributed by atoms with Crippen LogP contribution in [0.1, 0.15) is 29.7 Å². The molecule has 0 radical (unpaired) electrons. The van der Waals surface area contributed by atoms with E-state index in [4.69, 9.17) is 5.26 Å². The Bertz CT molecular complexity index is 723. The molecule has 1 unspecified atom stereocenters. The second-order valence-electron chi connectivity index (χ2n) is 4.77. The summed E-state index contributed by atoms with van der Waals surface area (Å²) < 4.78 is 15.8. The predicted octanol–water partition coefficient (Wildman–Crippen LogP) is 5.70. The summed E-state index contributed by atoms with van der Waals surface area (Å²) >= 11 is 6.94. The van der Waals surface area contributed by atoms with E-state index < -0.39 is 0 Å². The van der Waals surface area contributed by atoms with Crippen molar-refractivity contribution in [3.8, 4) is 6.07 Å². The lowest BCUT2D eigenvalue weighted by Gasteiger charge is -2.19. The minimum Gasteiger partial charge on any atom is -0.378 e. The lowest BCUT2D eigenvalue weighted by molar-refractivity contribution is 0.618. The number of nitrogens with one attached hydrogen (secondary N) is 1. The van der Waals surface area contributed by atoms with Crippen LogP contribution in [0.3, 0.4) is 0 Å². The quantitative estimate of drug-likeness (QED) is 0.702. The van der Waals surface area contributed by atoms with Crippen LogP contribution in [0.2, 0.25) is 0 Å². The summed E-state index contributed by atoms with van der Waals surface area (Å²) in [6.07, 6.45) is 0. The fourth-order valence-electron chi connectivity index (χ4n) is 2.06. The molecule has 21 heavy (non-hydrogen) atoms. The highest BCUT2D eigenvalue weighted by Crippen LogP contribution is 2.30. The van der Waals surface area contributed by atoms with Gasteiger partial charge in [-0.05, 0) is 43.7 Å². The summed E-state index contributed by atoms with van der Waals surface area (Å²) in [5.41, 5.74) is 2.51. The van der Waals surface area contributed by atoms with Crippen LogP contribution < -0.4 is 5.32 Å². The maximum Gasteiger partial charge on any atom is 0.129 e. The Kier molecular flexibility index (Phi) is 5.02. The van der Waals surface area contributed by atoms with Crippen molar-refractivity contribution < 1.29 is 4.39 Å². The van der Waals surface area contributed by atoms with Crippen molar-refractivity contribution in [2.24, 2.45) is 0 Å². The van der Waals surface area contributed by atoms with Gasteiger partial charge in [-0.1, -0.05) is 37.9 Å². The van der Waals surface area contributed by atoms with E-state index in [1.807, 2.05) is 31.2 Å². The van der Waals surface area contributed by atoms with Gasteiger partial charge >= 0.3 is 0 Å². The molecule has 0 heterocycles. The largest absolute Gasteiger partial charge is 0.378 e. The van der Waals surface area contributed by atoms with Crippen LogP contribution in [0, 0.1) is 24.1 Å². The molecule has 0 aliphatic rings. The van der Waals surface area contributed by atoms with Gasteiger partial charge in [-0.25, -0.2) is 4.39 Å². The highest BCUT2D eigenvalue weighted by atomic mass is 79.9. The molecule has 0 aliphatic heterocycles. The second kappa shape index (κ2) is 6.59. The van der Waals surface area contributed by atoms with Crippen molar-refractivity contribution in [1.29, 1.82) is 5.26 Å². The number of hydrogen-bond acceptors (Lipinski definition) is 2. The molecule has 5 heteroatoms. The number of nitrogens with zero attached hydrogens (tertiary/aromatic N) is 1. The first-order valence-electron chi connectivity index (χ1n) is 6.34. The summed E-state index contributed by atoms with van der Waals surface area (Å²) in [5, 5.41) is 12.2. The average molecular weight is 412 g/mol. The van der Waals surface area contributed by atoms with E-state index >= 15 is 0 Å². The van der Waals surface area contributed by atoms with E-state index in [-0.39, 0.29) is 11.9 Å². The lowest BCUT2D eigenvalue weighted by Crippen LogP contribution is -2.09. The van der Waals surface area contributed by atoms with Crippen LogP contribution >= 0.6 is 31.9 Å². The van der Waals surface area contributed by atoms with Gasteiger partial charge in [-0.2, -0.15) is 5.26 Å². The van der Waals surface area contributed by atoms with Crippen molar-refractivity contribution in [2.45, 2.75) is 19.9 Å². The minimum atomic E-state index is -0.376. The Morgan fingerprint density at radius 2 is 1.95 bits per heavy atom. The van der Waals surface area contributed by atoms with Gasteiger partial charge < -0.3 is 5.32 Å². The molecule has 0 saturated carbocycles. The van der Waals surface area contributed by atoms with Crippen LogP contribution in [-0.4, -0.2) is 0 Å². The summed E-state index contributed by atoms with van der Waals surface area (Å²) in [4.78, 5) is 0. The van der Waals surface area contributed by atoms with E-state index in [0.717, 1.165) is 14.5 Å². The normalized spacial score (nSPS) is 11.8. The average Bonchev–Trinajstić information content (AvgIpc) is 2.43. The maximum absolute atomic E-state index is 13.8. The number of hydrogen-bond donors (Lipinski definition) is 1. The van der Waals surface area contributed by atoms with Crippen LogP contribution in [0.4, 0.5) is 10.1 Å². The van der Waals surface area contributed by atoms with Crippen LogP contribution in [0.5, 0.6) is 0 Å². The molecule has 0 amide bonds.